The van der Waals surface area contributed by atoms with E-state index in [1.165, 1.54) is 0 Å². The van der Waals surface area contributed by atoms with E-state index in [2.05, 4.69) is 25.5 Å². The van der Waals surface area contributed by atoms with Crippen molar-refractivity contribution in [3.8, 4) is 16.9 Å². The fourth-order valence-corrected chi connectivity index (χ4v) is 3.57. The first-order valence-electron chi connectivity index (χ1n) is 10.1. The Bertz CT molecular complexity index is 1440. The number of aromatic nitrogens is 5. The Morgan fingerprint density at radius 2 is 1.72 bits per heavy atom. The van der Waals surface area contributed by atoms with Gasteiger partial charge in [-0.2, -0.15) is 4.98 Å². The maximum absolute atomic E-state index is 13.3. The average Bonchev–Trinajstić information content (AvgIpc) is 3.36. The van der Waals surface area contributed by atoms with Gasteiger partial charge in [-0.3, -0.25) is 10.1 Å². The van der Waals surface area contributed by atoms with Crippen LogP contribution in [0, 0.1) is 20.8 Å². The summed E-state index contributed by atoms with van der Waals surface area (Å²) >= 11 is 0. The van der Waals surface area contributed by atoms with Crippen LogP contribution in [-0.2, 0) is 0 Å². The molecule has 0 spiro atoms. The van der Waals surface area contributed by atoms with Gasteiger partial charge in [0.25, 0.3) is 11.6 Å². The van der Waals surface area contributed by atoms with Crippen LogP contribution in [0.4, 0.5) is 5.95 Å². The number of hydrogen-bond acceptors (Lipinski definition) is 6. The Labute approximate surface area is 183 Å². The summed E-state index contributed by atoms with van der Waals surface area (Å²) in [6.07, 6.45) is 0. The van der Waals surface area contributed by atoms with Crippen molar-refractivity contribution in [1.29, 1.82) is 0 Å². The van der Waals surface area contributed by atoms with Crippen LogP contribution in [0.25, 0.3) is 28.0 Å². The molecule has 0 unspecified atom stereocenters. The van der Waals surface area contributed by atoms with Crippen LogP contribution in [0.15, 0.2) is 65.2 Å². The van der Waals surface area contributed by atoms with Crippen molar-refractivity contribution >= 4 is 23.0 Å². The van der Waals surface area contributed by atoms with E-state index in [4.69, 9.17) is 4.52 Å². The second-order valence-electron chi connectivity index (χ2n) is 7.55. The number of rotatable bonds is 4. The lowest BCUT2D eigenvalue weighted by molar-refractivity contribution is 0.102. The molecule has 5 aromatic rings. The van der Waals surface area contributed by atoms with Crippen LogP contribution >= 0.6 is 0 Å². The molecular weight excluding hydrogens is 404 g/mol. The minimum atomic E-state index is -0.359. The quantitative estimate of drug-likeness (QED) is 0.451. The summed E-state index contributed by atoms with van der Waals surface area (Å²) in [6.45, 7) is 5.63. The fourth-order valence-electron chi connectivity index (χ4n) is 3.57. The highest BCUT2D eigenvalue weighted by Gasteiger charge is 2.21. The smallest absolute Gasteiger partial charge is 0.259 e. The minimum absolute atomic E-state index is 0.215. The number of pyridine rings is 1. The molecule has 0 bridgehead atoms. The molecule has 158 valence electrons. The first kappa shape index (κ1) is 19.6. The lowest BCUT2D eigenvalue weighted by Crippen LogP contribution is -2.14. The molecule has 0 radical (unpaired) electrons. The molecule has 1 N–H and O–H groups in total. The van der Waals surface area contributed by atoms with Gasteiger partial charge in [0.15, 0.2) is 0 Å². The maximum atomic E-state index is 13.3. The zero-order valence-electron chi connectivity index (χ0n) is 17.8. The molecule has 32 heavy (non-hydrogen) atoms. The van der Waals surface area contributed by atoms with Gasteiger partial charge in [0, 0.05) is 5.56 Å². The summed E-state index contributed by atoms with van der Waals surface area (Å²) in [5.41, 5.74) is 4.80. The van der Waals surface area contributed by atoms with Crippen LogP contribution in [0.2, 0.25) is 0 Å². The van der Waals surface area contributed by atoms with Gasteiger partial charge < -0.3 is 4.52 Å². The predicted molar refractivity (Wildman–Crippen MR) is 121 cm³/mol. The van der Waals surface area contributed by atoms with E-state index in [1.54, 1.807) is 17.7 Å². The third kappa shape index (κ3) is 3.51. The SMILES string of the molecule is Cc1ccc(-c2cc(C(=O)Nc3nc(C)n(-c4ccccc4)n3)c3c(C)noc3n2)cc1. The highest BCUT2D eigenvalue weighted by Crippen LogP contribution is 2.28. The van der Waals surface area contributed by atoms with E-state index in [1.807, 2.05) is 68.4 Å². The Morgan fingerprint density at radius 3 is 2.47 bits per heavy atom. The summed E-state index contributed by atoms with van der Waals surface area (Å²) in [5, 5.41) is 11.8. The van der Waals surface area contributed by atoms with Gasteiger partial charge in [-0.1, -0.05) is 53.2 Å². The molecule has 0 saturated heterocycles. The second kappa shape index (κ2) is 7.73. The predicted octanol–water partition coefficient (Wildman–Crippen LogP) is 4.65. The molecule has 5 rings (SSSR count). The highest BCUT2D eigenvalue weighted by molar-refractivity contribution is 6.12. The number of hydrogen-bond donors (Lipinski definition) is 1. The molecule has 0 aliphatic heterocycles. The Hall–Kier alpha value is -4.33. The summed E-state index contributed by atoms with van der Waals surface area (Å²) < 4.78 is 7.06. The fraction of sp³-hybridized carbons (Fsp3) is 0.125. The van der Waals surface area contributed by atoms with Crippen LogP contribution in [0.3, 0.4) is 0 Å². The number of anilines is 1. The third-order valence-corrected chi connectivity index (χ3v) is 5.20. The number of fused-ring (bicyclic) bond motifs is 1. The lowest BCUT2D eigenvalue weighted by Gasteiger charge is -2.07. The van der Waals surface area contributed by atoms with Crippen LogP contribution in [0.5, 0.6) is 0 Å². The number of aryl methyl sites for hydroxylation is 3. The molecule has 8 heteroatoms. The van der Waals surface area contributed by atoms with Gasteiger partial charge in [0.1, 0.15) is 5.82 Å². The van der Waals surface area contributed by atoms with E-state index in [9.17, 15) is 4.79 Å². The molecule has 0 saturated carbocycles. The number of nitrogens with zero attached hydrogens (tertiary/aromatic N) is 5. The van der Waals surface area contributed by atoms with Crippen molar-refractivity contribution in [3.63, 3.8) is 0 Å². The average molecular weight is 424 g/mol. The number of carbonyl (C=O) groups is 1. The van der Waals surface area contributed by atoms with Gasteiger partial charge in [-0.05, 0) is 39.0 Å². The van der Waals surface area contributed by atoms with Crippen molar-refractivity contribution in [2.75, 3.05) is 5.32 Å². The van der Waals surface area contributed by atoms with Crippen molar-refractivity contribution < 1.29 is 9.32 Å². The topological polar surface area (TPSA) is 98.7 Å². The molecule has 0 aliphatic carbocycles. The van der Waals surface area contributed by atoms with Crippen molar-refractivity contribution in [2.24, 2.45) is 0 Å². The standard InChI is InChI=1S/C24H20N6O2/c1-14-9-11-17(12-10-14)20-13-19(21-15(2)29-32-23(21)26-20)22(31)27-24-25-16(3)30(28-24)18-7-5-4-6-8-18/h4-13H,1-3H3,(H,27,28,31). The summed E-state index contributed by atoms with van der Waals surface area (Å²) in [7, 11) is 0. The summed E-state index contributed by atoms with van der Waals surface area (Å²) in [6, 6.07) is 19.3. The minimum Gasteiger partial charge on any atom is -0.335 e. The first-order chi connectivity index (χ1) is 15.5. The van der Waals surface area contributed by atoms with E-state index < -0.39 is 0 Å². The zero-order chi connectivity index (χ0) is 22.2. The number of para-hydroxylation sites is 1. The summed E-state index contributed by atoms with van der Waals surface area (Å²) in [4.78, 5) is 22.2. The number of carbonyl (C=O) groups excluding carboxylic acids is 1. The monoisotopic (exact) mass is 424 g/mol. The molecular formula is C24H20N6O2. The van der Waals surface area contributed by atoms with Crippen LogP contribution < -0.4 is 5.32 Å². The van der Waals surface area contributed by atoms with Gasteiger partial charge in [0.2, 0.25) is 5.95 Å². The van der Waals surface area contributed by atoms with Crippen molar-refractivity contribution in [1.82, 2.24) is 24.9 Å². The van der Waals surface area contributed by atoms with E-state index in [0.29, 0.717) is 33.9 Å². The molecule has 2 aromatic carbocycles. The van der Waals surface area contributed by atoms with Crippen molar-refractivity contribution in [2.45, 2.75) is 20.8 Å². The van der Waals surface area contributed by atoms with Gasteiger partial charge in [-0.15, -0.1) is 5.10 Å². The third-order valence-electron chi connectivity index (χ3n) is 5.20. The molecule has 3 aromatic heterocycles. The van der Waals surface area contributed by atoms with Crippen LogP contribution in [-0.4, -0.2) is 30.8 Å². The first-order valence-corrected chi connectivity index (χ1v) is 10.1. The van der Waals surface area contributed by atoms with Gasteiger partial charge in [0.05, 0.1) is 28.0 Å². The van der Waals surface area contributed by atoms with Gasteiger partial charge in [-0.25, -0.2) is 9.67 Å². The molecule has 1 amide bonds. The zero-order valence-corrected chi connectivity index (χ0v) is 17.8. The van der Waals surface area contributed by atoms with Gasteiger partial charge >= 0.3 is 0 Å². The molecule has 8 nitrogen and oxygen atoms in total. The molecule has 3 heterocycles. The number of amides is 1. The summed E-state index contributed by atoms with van der Waals surface area (Å²) in [5.74, 6) is 0.516. The molecule has 0 fully saturated rings. The molecule has 0 atom stereocenters. The number of benzene rings is 2. The van der Waals surface area contributed by atoms with E-state index >= 15 is 0 Å². The largest absolute Gasteiger partial charge is 0.335 e. The highest BCUT2D eigenvalue weighted by atomic mass is 16.5. The van der Waals surface area contributed by atoms with E-state index in [-0.39, 0.29) is 11.9 Å². The second-order valence-corrected chi connectivity index (χ2v) is 7.55. The maximum Gasteiger partial charge on any atom is 0.259 e. The number of nitrogens with one attached hydrogen (secondary N) is 1. The van der Waals surface area contributed by atoms with Crippen LogP contribution in [0.1, 0.15) is 27.4 Å². The Morgan fingerprint density at radius 1 is 0.969 bits per heavy atom. The normalized spacial score (nSPS) is 11.1. The Balaban J connectivity index is 1.53. The van der Waals surface area contributed by atoms with Crippen molar-refractivity contribution in [3.05, 3.63) is 83.3 Å². The lowest BCUT2D eigenvalue weighted by atomic mass is 10.0. The Kier molecular flexibility index (Phi) is 4.74. The molecule has 0 aliphatic rings. The van der Waals surface area contributed by atoms with E-state index in [0.717, 1.165) is 16.8 Å².